The van der Waals surface area contributed by atoms with Gasteiger partial charge in [0, 0.05) is 26.1 Å². The van der Waals surface area contributed by atoms with E-state index >= 15 is 0 Å². The molecule has 0 aliphatic heterocycles. The maximum Gasteiger partial charge on any atom is 0.151 e. The summed E-state index contributed by atoms with van der Waals surface area (Å²) >= 11 is 0. The van der Waals surface area contributed by atoms with Crippen molar-refractivity contribution in [1.82, 2.24) is 20.1 Å². The molecule has 1 unspecified atom stereocenters. The molecule has 1 heterocycles. The minimum absolute atomic E-state index is 0.656. The van der Waals surface area contributed by atoms with E-state index in [0.29, 0.717) is 6.04 Å². The molecule has 1 aromatic rings. The summed E-state index contributed by atoms with van der Waals surface area (Å²) in [6.45, 7) is 5.46. The molecule has 0 saturated heterocycles. The van der Waals surface area contributed by atoms with Gasteiger partial charge in [-0.15, -0.1) is 0 Å². The number of rotatable bonds is 8. The van der Waals surface area contributed by atoms with Crippen LogP contribution in [0.5, 0.6) is 0 Å². The first kappa shape index (κ1) is 13.2. The van der Waals surface area contributed by atoms with E-state index in [9.17, 15) is 0 Å². The fourth-order valence-corrected chi connectivity index (χ4v) is 1.79. The van der Waals surface area contributed by atoms with Crippen molar-refractivity contribution in [1.29, 1.82) is 0 Å². The summed E-state index contributed by atoms with van der Waals surface area (Å²) in [5, 5.41) is 7.83. The summed E-state index contributed by atoms with van der Waals surface area (Å²) in [5.41, 5.74) is 0. The molecule has 92 valence electrons. The highest BCUT2D eigenvalue weighted by Gasteiger charge is 2.05. The van der Waals surface area contributed by atoms with Gasteiger partial charge >= 0.3 is 0 Å². The molecule has 0 amide bonds. The second kappa shape index (κ2) is 7.39. The lowest BCUT2D eigenvalue weighted by molar-refractivity contribution is 0.453. The molecule has 0 bridgehead atoms. The smallest absolute Gasteiger partial charge is 0.151 e. The monoisotopic (exact) mass is 224 g/mol. The second-order valence-electron chi connectivity index (χ2n) is 4.29. The minimum atomic E-state index is 0.656. The first-order chi connectivity index (χ1) is 7.76. The molecule has 1 rings (SSSR count). The lowest BCUT2D eigenvalue weighted by Crippen LogP contribution is -2.30. The Bertz CT molecular complexity index is 282. The van der Waals surface area contributed by atoms with Gasteiger partial charge in [0.05, 0.1) is 0 Å². The van der Waals surface area contributed by atoms with Gasteiger partial charge in [0.25, 0.3) is 0 Å². The Labute approximate surface area is 98.5 Å². The van der Waals surface area contributed by atoms with Gasteiger partial charge in [-0.2, -0.15) is 5.10 Å². The molecular weight excluding hydrogens is 200 g/mol. The minimum Gasteiger partial charge on any atom is -0.314 e. The lowest BCUT2D eigenvalue weighted by Gasteiger charge is -2.15. The average Bonchev–Trinajstić information content (AvgIpc) is 2.69. The van der Waals surface area contributed by atoms with Crippen LogP contribution in [0.15, 0.2) is 6.33 Å². The zero-order valence-corrected chi connectivity index (χ0v) is 10.7. The van der Waals surface area contributed by atoms with Crippen LogP contribution in [0.1, 0.15) is 45.4 Å². The van der Waals surface area contributed by atoms with Crippen LogP contribution in [-0.4, -0.2) is 27.4 Å². The third kappa shape index (κ3) is 4.75. The summed E-state index contributed by atoms with van der Waals surface area (Å²) < 4.78 is 1.75. The van der Waals surface area contributed by atoms with Crippen molar-refractivity contribution >= 4 is 0 Å². The number of nitrogens with one attached hydrogen (secondary N) is 1. The topological polar surface area (TPSA) is 42.7 Å². The van der Waals surface area contributed by atoms with Crippen molar-refractivity contribution in [3.63, 3.8) is 0 Å². The Morgan fingerprint density at radius 1 is 1.44 bits per heavy atom. The van der Waals surface area contributed by atoms with Crippen molar-refractivity contribution < 1.29 is 0 Å². The van der Waals surface area contributed by atoms with Gasteiger partial charge in [0.15, 0.2) is 5.82 Å². The lowest BCUT2D eigenvalue weighted by atomic mass is 10.1. The second-order valence-corrected chi connectivity index (χ2v) is 4.29. The molecule has 0 radical (unpaired) electrons. The zero-order chi connectivity index (χ0) is 11.8. The molecule has 0 spiro atoms. The highest BCUT2D eigenvalue weighted by atomic mass is 15.3. The van der Waals surface area contributed by atoms with Gasteiger partial charge in [-0.1, -0.05) is 26.7 Å². The van der Waals surface area contributed by atoms with Crippen LogP contribution < -0.4 is 5.32 Å². The van der Waals surface area contributed by atoms with Gasteiger partial charge in [-0.05, 0) is 12.8 Å². The number of nitrogens with zero attached hydrogens (tertiary/aromatic N) is 3. The van der Waals surface area contributed by atoms with Gasteiger partial charge in [0.2, 0.25) is 0 Å². The number of aromatic nitrogens is 3. The van der Waals surface area contributed by atoms with Crippen LogP contribution in [-0.2, 0) is 13.5 Å². The molecule has 1 atom stereocenters. The third-order valence-corrected chi connectivity index (χ3v) is 2.83. The Hall–Kier alpha value is -0.900. The molecule has 0 fully saturated rings. The molecule has 0 aliphatic rings. The van der Waals surface area contributed by atoms with Gasteiger partial charge < -0.3 is 5.32 Å². The first-order valence-corrected chi connectivity index (χ1v) is 6.34. The van der Waals surface area contributed by atoms with Gasteiger partial charge in [-0.3, -0.25) is 4.68 Å². The van der Waals surface area contributed by atoms with E-state index in [1.807, 2.05) is 7.05 Å². The largest absolute Gasteiger partial charge is 0.314 e. The maximum absolute atomic E-state index is 4.26. The summed E-state index contributed by atoms with van der Waals surface area (Å²) in [7, 11) is 1.90. The van der Waals surface area contributed by atoms with Crippen molar-refractivity contribution in [3.05, 3.63) is 12.2 Å². The van der Waals surface area contributed by atoms with Crippen LogP contribution >= 0.6 is 0 Å². The summed E-state index contributed by atoms with van der Waals surface area (Å²) in [6.07, 6.45) is 7.75. The van der Waals surface area contributed by atoms with Crippen LogP contribution in [0.25, 0.3) is 0 Å². The highest BCUT2D eigenvalue weighted by Crippen LogP contribution is 2.03. The van der Waals surface area contributed by atoms with Crippen molar-refractivity contribution in [2.45, 2.75) is 52.0 Å². The predicted molar refractivity (Wildman–Crippen MR) is 66.3 cm³/mol. The molecule has 1 aromatic heterocycles. The number of hydrogen-bond donors (Lipinski definition) is 1. The highest BCUT2D eigenvalue weighted by molar-refractivity contribution is 4.82. The summed E-state index contributed by atoms with van der Waals surface area (Å²) in [6, 6.07) is 0.656. The maximum atomic E-state index is 4.26. The standard InChI is InChI=1S/C12H24N4/c1-4-6-7-11(5-2)13-9-8-12-14-10-16(3)15-12/h10-11,13H,4-9H2,1-3H3. The fourth-order valence-electron chi connectivity index (χ4n) is 1.79. The summed E-state index contributed by atoms with van der Waals surface area (Å²) in [4.78, 5) is 4.21. The van der Waals surface area contributed by atoms with E-state index in [-0.39, 0.29) is 0 Å². The Morgan fingerprint density at radius 3 is 2.81 bits per heavy atom. The first-order valence-electron chi connectivity index (χ1n) is 6.34. The van der Waals surface area contributed by atoms with Crippen molar-refractivity contribution in [2.24, 2.45) is 7.05 Å². The molecule has 0 saturated carbocycles. The van der Waals surface area contributed by atoms with E-state index in [1.165, 1.54) is 25.7 Å². The van der Waals surface area contributed by atoms with E-state index in [2.05, 4.69) is 29.2 Å². The van der Waals surface area contributed by atoms with Crippen LogP contribution in [0.4, 0.5) is 0 Å². The predicted octanol–water partition coefficient (Wildman–Crippen LogP) is 1.92. The molecule has 0 aromatic carbocycles. The van der Waals surface area contributed by atoms with Crippen LogP contribution in [0.2, 0.25) is 0 Å². The van der Waals surface area contributed by atoms with Crippen molar-refractivity contribution in [2.75, 3.05) is 6.54 Å². The molecule has 0 aliphatic carbocycles. The van der Waals surface area contributed by atoms with Crippen LogP contribution in [0.3, 0.4) is 0 Å². The fraction of sp³-hybridized carbons (Fsp3) is 0.833. The summed E-state index contributed by atoms with van der Waals surface area (Å²) in [5.74, 6) is 0.931. The molecular formula is C12H24N4. The van der Waals surface area contributed by atoms with E-state index in [0.717, 1.165) is 18.8 Å². The van der Waals surface area contributed by atoms with E-state index in [1.54, 1.807) is 11.0 Å². The van der Waals surface area contributed by atoms with Crippen LogP contribution in [0, 0.1) is 0 Å². The van der Waals surface area contributed by atoms with E-state index < -0.39 is 0 Å². The Morgan fingerprint density at radius 2 is 2.25 bits per heavy atom. The SMILES string of the molecule is CCCCC(CC)NCCc1ncn(C)n1. The average molecular weight is 224 g/mol. The molecule has 1 N–H and O–H groups in total. The number of hydrogen-bond acceptors (Lipinski definition) is 3. The quantitative estimate of drug-likeness (QED) is 0.733. The van der Waals surface area contributed by atoms with Crippen molar-refractivity contribution in [3.8, 4) is 0 Å². The molecule has 16 heavy (non-hydrogen) atoms. The zero-order valence-electron chi connectivity index (χ0n) is 10.7. The Balaban J connectivity index is 2.17. The third-order valence-electron chi connectivity index (χ3n) is 2.83. The van der Waals surface area contributed by atoms with Gasteiger partial charge in [-0.25, -0.2) is 4.98 Å². The molecule has 4 heteroatoms. The molecule has 4 nitrogen and oxygen atoms in total. The normalized spacial score (nSPS) is 12.9. The Kier molecular flexibility index (Phi) is 6.08. The number of unbranched alkanes of at least 4 members (excludes halogenated alkanes) is 1. The van der Waals surface area contributed by atoms with Gasteiger partial charge in [0.1, 0.15) is 6.33 Å². The van der Waals surface area contributed by atoms with E-state index in [4.69, 9.17) is 0 Å². The number of aryl methyl sites for hydroxylation is 1.